The van der Waals surface area contributed by atoms with Crippen LogP contribution in [0.1, 0.15) is 52.9 Å². The van der Waals surface area contributed by atoms with Crippen LogP contribution in [0.4, 0.5) is 0 Å². The summed E-state index contributed by atoms with van der Waals surface area (Å²) < 4.78 is 0. The molecule has 1 aliphatic carbocycles. The van der Waals surface area contributed by atoms with Crippen molar-refractivity contribution in [2.45, 2.75) is 65.0 Å². The average Bonchev–Trinajstić information content (AvgIpc) is 2.76. The van der Waals surface area contributed by atoms with E-state index in [1.165, 1.54) is 45.2 Å². The summed E-state index contributed by atoms with van der Waals surface area (Å²) in [7, 11) is 0. The number of nitrogens with two attached hydrogens (primary N) is 1. The molecule has 0 spiro atoms. The van der Waals surface area contributed by atoms with Crippen LogP contribution in [0.15, 0.2) is 0 Å². The van der Waals surface area contributed by atoms with Crippen molar-refractivity contribution < 1.29 is 0 Å². The first-order valence-electron chi connectivity index (χ1n) is 7.02. The fourth-order valence-corrected chi connectivity index (χ4v) is 3.72. The molecular formula is C14H28N2. The van der Waals surface area contributed by atoms with Gasteiger partial charge >= 0.3 is 0 Å². The minimum Gasteiger partial charge on any atom is -0.327 e. The third kappa shape index (κ3) is 2.28. The zero-order valence-electron chi connectivity index (χ0n) is 11.2. The minimum absolute atomic E-state index is 0.386. The topological polar surface area (TPSA) is 29.3 Å². The Labute approximate surface area is 101 Å². The van der Waals surface area contributed by atoms with E-state index in [9.17, 15) is 0 Å². The third-order valence-electron chi connectivity index (χ3n) is 4.91. The molecule has 3 unspecified atom stereocenters. The maximum atomic E-state index is 6.29. The van der Waals surface area contributed by atoms with Gasteiger partial charge in [-0.3, -0.25) is 4.90 Å². The molecule has 0 amide bonds. The second-order valence-electron chi connectivity index (χ2n) is 6.58. The fraction of sp³-hybridized carbons (Fsp3) is 1.00. The fourth-order valence-electron chi connectivity index (χ4n) is 3.72. The van der Waals surface area contributed by atoms with Gasteiger partial charge in [-0.25, -0.2) is 0 Å². The molecule has 2 N–H and O–H groups in total. The molecule has 0 aromatic carbocycles. The van der Waals surface area contributed by atoms with E-state index >= 15 is 0 Å². The normalized spacial score (nSPS) is 41.1. The van der Waals surface area contributed by atoms with Gasteiger partial charge in [-0.05, 0) is 43.6 Å². The van der Waals surface area contributed by atoms with Gasteiger partial charge < -0.3 is 5.73 Å². The maximum Gasteiger partial charge on any atom is 0.0119 e. The quantitative estimate of drug-likeness (QED) is 0.798. The Morgan fingerprint density at radius 2 is 2.06 bits per heavy atom. The second kappa shape index (κ2) is 4.66. The van der Waals surface area contributed by atoms with Crippen LogP contribution in [0.2, 0.25) is 0 Å². The first-order valence-corrected chi connectivity index (χ1v) is 7.02. The number of nitrogens with zero attached hydrogens (tertiary/aromatic N) is 1. The molecule has 2 heteroatoms. The lowest BCUT2D eigenvalue weighted by atomic mass is 9.84. The van der Waals surface area contributed by atoms with E-state index < -0.39 is 0 Å². The molecule has 2 rings (SSSR count). The van der Waals surface area contributed by atoms with Crippen molar-refractivity contribution in [1.29, 1.82) is 0 Å². The van der Waals surface area contributed by atoms with Crippen LogP contribution < -0.4 is 5.73 Å². The van der Waals surface area contributed by atoms with Crippen LogP contribution in [-0.4, -0.2) is 30.1 Å². The van der Waals surface area contributed by atoms with Crippen LogP contribution in [-0.2, 0) is 0 Å². The molecule has 2 aliphatic rings. The van der Waals surface area contributed by atoms with Crippen molar-refractivity contribution in [3.8, 4) is 0 Å². The lowest BCUT2D eigenvalue weighted by Gasteiger charge is -2.37. The summed E-state index contributed by atoms with van der Waals surface area (Å²) >= 11 is 0. The van der Waals surface area contributed by atoms with Gasteiger partial charge in [0.25, 0.3) is 0 Å². The Bertz CT molecular complexity index is 239. The molecule has 3 atom stereocenters. The largest absolute Gasteiger partial charge is 0.327 e. The summed E-state index contributed by atoms with van der Waals surface area (Å²) in [6.45, 7) is 9.66. The van der Waals surface area contributed by atoms with Crippen LogP contribution >= 0.6 is 0 Å². The Morgan fingerprint density at radius 3 is 2.62 bits per heavy atom. The van der Waals surface area contributed by atoms with E-state index in [1.807, 2.05) is 0 Å². The molecule has 0 aromatic rings. The Kier molecular flexibility index (Phi) is 3.60. The Morgan fingerprint density at radius 1 is 1.31 bits per heavy atom. The first-order chi connectivity index (χ1) is 7.53. The molecule has 2 fully saturated rings. The molecular weight excluding hydrogens is 196 g/mol. The summed E-state index contributed by atoms with van der Waals surface area (Å²) in [5, 5.41) is 0. The highest BCUT2D eigenvalue weighted by Crippen LogP contribution is 2.39. The molecule has 0 bridgehead atoms. The Hall–Kier alpha value is -0.0800. The number of likely N-dealkylation sites (tertiary alicyclic amines) is 1. The summed E-state index contributed by atoms with van der Waals surface area (Å²) in [6, 6.07) is 1.24. The van der Waals surface area contributed by atoms with Gasteiger partial charge in [0.2, 0.25) is 0 Å². The van der Waals surface area contributed by atoms with E-state index in [0.29, 0.717) is 11.5 Å². The van der Waals surface area contributed by atoms with E-state index in [0.717, 1.165) is 12.0 Å². The summed E-state index contributed by atoms with van der Waals surface area (Å²) in [4.78, 5) is 2.72. The Balaban J connectivity index is 1.98. The molecule has 1 saturated carbocycles. The standard InChI is InChI=1S/C14H28N2/c1-11(2)12-6-5-9-16(12)10-14(3)8-4-7-13(14)15/h11-13H,4-10,15H2,1-3H3. The summed E-state index contributed by atoms with van der Waals surface area (Å²) in [5.74, 6) is 0.795. The van der Waals surface area contributed by atoms with Gasteiger partial charge in [-0.2, -0.15) is 0 Å². The zero-order valence-corrected chi connectivity index (χ0v) is 11.2. The molecule has 2 nitrogen and oxygen atoms in total. The number of hydrogen-bond acceptors (Lipinski definition) is 2. The van der Waals surface area contributed by atoms with E-state index in [4.69, 9.17) is 5.73 Å². The van der Waals surface area contributed by atoms with Gasteiger partial charge in [0.1, 0.15) is 0 Å². The van der Waals surface area contributed by atoms with E-state index in [1.54, 1.807) is 0 Å². The minimum atomic E-state index is 0.386. The van der Waals surface area contributed by atoms with Gasteiger partial charge in [0.05, 0.1) is 0 Å². The summed E-state index contributed by atoms with van der Waals surface area (Å²) in [6.07, 6.45) is 6.67. The van der Waals surface area contributed by atoms with E-state index in [-0.39, 0.29) is 0 Å². The predicted molar refractivity (Wildman–Crippen MR) is 69.4 cm³/mol. The number of rotatable bonds is 3. The zero-order chi connectivity index (χ0) is 11.8. The van der Waals surface area contributed by atoms with Crippen molar-refractivity contribution in [3.63, 3.8) is 0 Å². The van der Waals surface area contributed by atoms with Crippen molar-refractivity contribution in [2.75, 3.05) is 13.1 Å². The molecule has 0 aromatic heterocycles. The van der Waals surface area contributed by atoms with Crippen LogP contribution in [0.5, 0.6) is 0 Å². The second-order valence-corrected chi connectivity index (χ2v) is 6.58. The lowest BCUT2D eigenvalue weighted by Crippen LogP contribution is -2.46. The van der Waals surface area contributed by atoms with Crippen molar-refractivity contribution in [2.24, 2.45) is 17.1 Å². The highest BCUT2D eigenvalue weighted by Gasteiger charge is 2.40. The molecule has 0 radical (unpaired) electrons. The van der Waals surface area contributed by atoms with Crippen molar-refractivity contribution >= 4 is 0 Å². The summed E-state index contributed by atoms with van der Waals surface area (Å²) in [5.41, 5.74) is 6.67. The van der Waals surface area contributed by atoms with Gasteiger partial charge in [0.15, 0.2) is 0 Å². The number of hydrogen-bond donors (Lipinski definition) is 1. The molecule has 1 aliphatic heterocycles. The van der Waals surface area contributed by atoms with Crippen molar-refractivity contribution in [3.05, 3.63) is 0 Å². The average molecular weight is 224 g/mol. The predicted octanol–water partition coefficient (Wildman–Crippen LogP) is 2.62. The van der Waals surface area contributed by atoms with E-state index in [2.05, 4.69) is 25.7 Å². The smallest absolute Gasteiger partial charge is 0.0119 e. The lowest BCUT2D eigenvalue weighted by molar-refractivity contribution is 0.121. The van der Waals surface area contributed by atoms with Crippen LogP contribution in [0.25, 0.3) is 0 Å². The van der Waals surface area contributed by atoms with Crippen LogP contribution in [0, 0.1) is 11.3 Å². The SMILES string of the molecule is CC(C)C1CCCN1CC1(C)CCCC1N. The highest BCUT2D eigenvalue weighted by atomic mass is 15.2. The molecule has 1 saturated heterocycles. The van der Waals surface area contributed by atoms with Crippen LogP contribution in [0.3, 0.4) is 0 Å². The first kappa shape index (κ1) is 12.4. The monoisotopic (exact) mass is 224 g/mol. The molecule has 16 heavy (non-hydrogen) atoms. The molecule has 94 valence electrons. The van der Waals surface area contributed by atoms with Crippen molar-refractivity contribution in [1.82, 2.24) is 4.90 Å². The van der Waals surface area contributed by atoms with Gasteiger partial charge in [-0.15, -0.1) is 0 Å². The van der Waals surface area contributed by atoms with Gasteiger partial charge in [-0.1, -0.05) is 27.2 Å². The third-order valence-corrected chi connectivity index (χ3v) is 4.91. The molecule has 1 heterocycles. The maximum absolute atomic E-state index is 6.29. The highest BCUT2D eigenvalue weighted by molar-refractivity contribution is 4.96. The van der Waals surface area contributed by atoms with Gasteiger partial charge in [0, 0.05) is 18.6 Å².